The molecule has 2 N–H and O–H groups in total. The Bertz CT molecular complexity index is 1470. The molecule has 1 aliphatic heterocycles. The van der Waals surface area contributed by atoms with Crippen LogP contribution < -0.4 is 5.32 Å². The van der Waals surface area contributed by atoms with Crippen molar-refractivity contribution in [1.29, 1.82) is 0 Å². The van der Waals surface area contributed by atoms with Crippen LogP contribution in [0.3, 0.4) is 0 Å². The first kappa shape index (κ1) is 24.3. The highest BCUT2D eigenvalue weighted by atomic mass is 35.5. The van der Waals surface area contributed by atoms with Crippen LogP contribution in [-0.2, 0) is 29.0 Å². The summed E-state index contributed by atoms with van der Waals surface area (Å²) in [6.07, 6.45) is 2.58. The molecule has 0 saturated carbocycles. The molecule has 0 aliphatic carbocycles. The molecule has 3 aromatic carbocycles. The van der Waals surface area contributed by atoms with Crippen molar-refractivity contribution in [3.8, 4) is 11.1 Å². The molecule has 0 radical (unpaired) electrons. The van der Waals surface area contributed by atoms with Crippen LogP contribution in [0, 0.1) is 0 Å². The number of amides is 1. The van der Waals surface area contributed by atoms with Crippen LogP contribution >= 0.6 is 23.2 Å². The number of nitrogens with zero attached hydrogens (tertiary/aromatic N) is 1. The number of carboxylic acids is 1. The number of rotatable bonds is 6. The first-order valence-corrected chi connectivity index (χ1v) is 12.2. The second kappa shape index (κ2) is 10.3. The SMILES string of the molecule is O=C(N[C@@H](Cc1ccc(-c2cccc3c2COCC3)c2cccnc12)C(=O)O)c1c(Cl)cccc1Cl. The zero-order valence-electron chi connectivity index (χ0n) is 19.1. The summed E-state index contributed by atoms with van der Waals surface area (Å²) in [6, 6.07) is 17.4. The number of carboxylic acid groups (broad SMARTS) is 1. The van der Waals surface area contributed by atoms with Crippen LogP contribution in [0.1, 0.15) is 27.0 Å². The molecule has 0 saturated heterocycles. The van der Waals surface area contributed by atoms with Gasteiger partial charge in [-0.1, -0.05) is 65.7 Å². The summed E-state index contributed by atoms with van der Waals surface area (Å²) in [5, 5.41) is 13.7. The predicted molar refractivity (Wildman–Crippen MR) is 140 cm³/mol. The smallest absolute Gasteiger partial charge is 0.326 e. The summed E-state index contributed by atoms with van der Waals surface area (Å²) in [4.78, 5) is 29.5. The van der Waals surface area contributed by atoms with E-state index in [1.54, 1.807) is 12.3 Å². The number of halogens is 2. The van der Waals surface area contributed by atoms with Crippen LogP contribution in [0.4, 0.5) is 0 Å². The van der Waals surface area contributed by atoms with E-state index in [1.165, 1.54) is 17.7 Å². The largest absolute Gasteiger partial charge is 0.480 e. The maximum atomic E-state index is 12.9. The molecule has 1 aliphatic rings. The van der Waals surface area contributed by atoms with Crippen molar-refractivity contribution in [2.24, 2.45) is 0 Å². The van der Waals surface area contributed by atoms with Gasteiger partial charge in [0, 0.05) is 18.0 Å². The van der Waals surface area contributed by atoms with Gasteiger partial charge in [0.25, 0.3) is 5.91 Å². The molecule has 1 amide bonds. The van der Waals surface area contributed by atoms with Gasteiger partial charge in [-0.15, -0.1) is 0 Å². The Labute approximate surface area is 217 Å². The zero-order valence-corrected chi connectivity index (χ0v) is 20.6. The lowest BCUT2D eigenvalue weighted by molar-refractivity contribution is -0.139. The van der Waals surface area contributed by atoms with Gasteiger partial charge in [0.15, 0.2) is 0 Å². The standard InChI is InChI=1S/C28H22Cl2N2O4/c29-22-7-2-8-23(30)25(22)27(33)32-24(28(34)35)14-17-9-10-19(20-6-3-12-31-26(17)20)18-5-1-4-16-11-13-36-15-21(16)18/h1-10,12,24H,11,13-15H2,(H,32,33)(H,34,35)/t24-/m0/s1. The van der Waals surface area contributed by atoms with Crippen molar-refractivity contribution < 1.29 is 19.4 Å². The van der Waals surface area contributed by atoms with Crippen molar-refractivity contribution >= 4 is 46.0 Å². The third kappa shape index (κ3) is 4.67. The third-order valence-electron chi connectivity index (χ3n) is 6.40. The van der Waals surface area contributed by atoms with Gasteiger partial charge in [-0.05, 0) is 52.4 Å². The maximum absolute atomic E-state index is 12.9. The summed E-state index contributed by atoms with van der Waals surface area (Å²) in [5.74, 6) is -1.82. The molecule has 182 valence electrons. The molecule has 36 heavy (non-hydrogen) atoms. The van der Waals surface area contributed by atoms with Gasteiger partial charge >= 0.3 is 5.97 Å². The van der Waals surface area contributed by atoms with E-state index in [2.05, 4.69) is 22.4 Å². The molecule has 0 fully saturated rings. The Morgan fingerprint density at radius 2 is 1.78 bits per heavy atom. The highest BCUT2D eigenvalue weighted by Crippen LogP contribution is 2.35. The van der Waals surface area contributed by atoms with E-state index in [0.717, 1.165) is 28.5 Å². The highest BCUT2D eigenvalue weighted by Gasteiger charge is 2.25. The molecular formula is C28H22Cl2N2O4. The van der Waals surface area contributed by atoms with Crippen LogP contribution in [0.2, 0.25) is 10.0 Å². The summed E-state index contributed by atoms with van der Waals surface area (Å²) in [7, 11) is 0. The van der Waals surface area contributed by atoms with Gasteiger partial charge < -0.3 is 15.2 Å². The maximum Gasteiger partial charge on any atom is 0.326 e. The Kier molecular flexibility index (Phi) is 6.92. The average Bonchev–Trinajstić information content (AvgIpc) is 2.88. The number of hydrogen-bond donors (Lipinski definition) is 2. The second-order valence-electron chi connectivity index (χ2n) is 8.58. The van der Waals surface area contributed by atoms with Crippen molar-refractivity contribution in [3.05, 3.63) is 99.2 Å². The Morgan fingerprint density at radius 3 is 2.56 bits per heavy atom. The van der Waals surface area contributed by atoms with Gasteiger partial charge in [-0.2, -0.15) is 0 Å². The number of ether oxygens (including phenoxy) is 1. The van der Waals surface area contributed by atoms with Crippen molar-refractivity contribution in [3.63, 3.8) is 0 Å². The fourth-order valence-corrected chi connectivity index (χ4v) is 5.21. The van der Waals surface area contributed by atoms with Crippen LogP contribution in [0.25, 0.3) is 22.0 Å². The first-order chi connectivity index (χ1) is 17.4. The topological polar surface area (TPSA) is 88.5 Å². The number of aliphatic carboxylic acids is 1. The minimum Gasteiger partial charge on any atom is -0.480 e. The highest BCUT2D eigenvalue weighted by molar-refractivity contribution is 6.39. The first-order valence-electron chi connectivity index (χ1n) is 11.5. The molecule has 0 unspecified atom stereocenters. The number of benzene rings is 3. The van der Waals surface area contributed by atoms with Crippen LogP contribution in [0.15, 0.2) is 66.9 Å². The monoisotopic (exact) mass is 520 g/mol. The Hall–Kier alpha value is -3.45. The van der Waals surface area contributed by atoms with E-state index < -0.39 is 17.9 Å². The summed E-state index contributed by atoms with van der Waals surface area (Å²) in [5.41, 5.74) is 5.94. The molecule has 0 spiro atoms. The fraction of sp³-hybridized carbons (Fsp3) is 0.179. The molecule has 5 rings (SSSR count). The lowest BCUT2D eigenvalue weighted by Gasteiger charge is -2.21. The van der Waals surface area contributed by atoms with Crippen molar-refractivity contribution in [2.45, 2.75) is 25.5 Å². The van der Waals surface area contributed by atoms with E-state index in [0.29, 0.717) is 24.3 Å². The van der Waals surface area contributed by atoms with Crippen LogP contribution in [0.5, 0.6) is 0 Å². The van der Waals surface area contributed by atoms with Gasteiger partial charge in [0.05, 0.1) is 34.3 Å². The zero-order chi connectivity index (χ0) is 25.2. The predicted octanol–water partition coefficient (Wildman–Crippen LogP) is 5.71. The average molecular weight is 521 g/mol. The number of aromatic nitrogens is 1. The van der Waals surface area contributed by atoms with E-state index in [1.807, 2.05) is 30.3 Å². The fourth-order valence-electron chi connectivity index (χ4n) is 4.64. The Morgan fingerprint density at radius 1 is 1.00 bits per heavy atom. The molecule has 8 heteroatoms. The second-order valence-corrected chi connectivity index (χ2v) is 9.40. The molecule has 2 heterocycles. The molecule has 1 aromatic heterocycles. The van der Waals surface area contributed by atoms with Gasteiger partial charge in [0.2, 0.25) is 0 Å². The normalized spacial score (nSPS) is 13.7. The molecule has 1 atom stereocenters. The molecular weight excluding hydrogens is 499 g/mol. The lowest BCUT2D eigenvalue weighted by atomic mass is 9.89. The van der Waals surface area contributed by atoms with Crippen molar-refractivity contribution in [2.75, 3.05) is 6.61 Å². The quantitative estimate of drug-likeness (QED) is 0.340. The van der Waals surface area contributed by atoms with Gasteiger partial charge in [-0.3, -0.25) is 9.78 Å². The van der Waals surface area contributed by atoms with Gasteiger partial charge in [-0.25, -0.2) is 4.79 Å². The molecule has 6 nitrogen and oxygen atoms in total. The number of nitrogens with one attached hydrogen (secondary N) is 1. The third-order valence-corrected chi connectivity index (χ3v) is 7.03. The summed E-state index contributed by atoms with van der Waals surface area (Å²) >= 11 is 12.3. The number of hydrogen-bond acceptors (Lipinski definition) is 4. The van der Waals surface area contributed by atoms with Crippen LogP contribution in [-0.4, -0.2) is 34.6 Å². The minimum absolute atomic E-state index is 0.0347. The molecule has 4 aromatic rings. The van der Waals surface area contributed by atoms with E-state index in [9.17, 15) is 14.7 Å². The summed E-state index contributed by atoms with van der Waals surface area (Å²) < 4.78 is 5.72. The number of fused-ring (bicyclic) bond motifs is 2. The molecule has 0 bridgehead atoms. The minimum atomic E-state index is -1.21. The van der Waals surface area contributed by atoms with E-state index >= 15 is 0 Å². The van der Waals surface area contributed by atoms with E-state index in [-0.39, 0.29) is 22.0 Å². The lowest BCUT2D eigenvalue weighted by Crippen LogP contribution is -2.42. The number of pyridine rings is 1. The summed E-state index contributed by atoms with van der Waals surface area (Å²) in [6.45, 7) is 1.26. The number of carbonyl (C=O) groups is 2. The van der Waals surface area contributed by atoms with E-state index in [4.69, 9.17) is 27.9 Å². The number of carbonyl (C=O) groups excluding carboxylic acids is 1. The van der Waals surface area contributed by atoms with Gasteiger partial charge in [0.1, 0.15) is 6.04 Å². The van der Waals surface area contributed by atoms with Crippen molar-refractivity contribution in [1.82, 2.24) is 10.3 Å². The Balaban J connectivity index is 1.51.